The lowest BCUT2D eigenvalue weighted by atomic mass is 10.3. The molecule has 0 saturated carbocycles. The SMILES string of the molecule is O=C1OCC(F)(c2cccs2)O1. The molecule has 5 heteroatoms. The average Bonchev–Trinajstić information content (AvgIpc) is 2.59. The molecule has 1 unspecified atom stereocenters. The third-order valence-electron chi connectivity index (χ3n) is 1.51. The first-order chi connectivity index (χ1) is 5.71. The molecule has 12 heavy (non-hydrogen) atoms. The summed E-state index contributed by atoms with van der Waals surface area (Å²) in [6, 6.07) is 3.25. The maximum absolute atomic E-state index is 13.6. The van der Waals surface area contributed by atoms with Crippen molar-refractivity contribution in [1.29, 1.82) is 0 Å². The summed E-state index contributed by atoms with van der Waals surface area (Å²) in [5.74, 6) is -2.06. The molecule has 1 aromatic heterocycles. The van der Waals surface area contributed by atoms with Gasteiger partial charge in [-0.3, -0.25) is 0 Å². The molecular formula is C7H5FO3S. The molecule has 2 heterocycles. The van der Waals surface area contributed by atoms with Crippen LogP contribution < -0.4 is 0 Å². The van der Waals surface area contributed by atoms with E-state index in [1.807, 2.05) is 0 Å². The van der Waals surface area contributed by atoms with Gasteiger partial charge in [-0.2, -0.15) is 4.39 Å². The molecule has 0 radical (unpaired) electrons. The molecule has 0 aliphatic carbocycles. The van der Waals surface area contributed by atoms with Crippen molar-refractivity contribution in [3.8, 4) is 0 Å². The van der Waals surface area contributed by atoms with E-state index in [4.69, 9.17) is 0 Å². The largest absolute Gasteiger partial charge is 0.511 e. The number of carbonyl (C=O) groups is 1. The molecule has 1 aromatic rings. The molecule has 1 saturated heterocycles. The van der Waals surface area contributed by atoms with E-state index in [0.29, 0.717) is 4.88 Å². The molecule has 1 aliphatic rings. The van der Waals surface area contributed by atoms with E-state index in [1.54, 1.807) is 17.5 Å². The Bertz CT molecular complexity index is 298. The zero-order valence-electron chi connectivity index (χ0n) is 5.95. The van der Waals surface area contributed by atoms with Gasteiger partial charge in [0.05, 0.1) is 4.88 Å². The van der Waals surface area contributed by atoms with Crippen LogP contribution in [0.25, 0.3) is 0 Å². The lowest BCUT2D eigenvalue weighted by Crippen LogP contribution is -2.20. The van der Waals surface area contributed by atoms with E-state index in [-0.39, 0.29) is 6.61 Å². The lowest BCUT2D eigenvalue weighted by Gasteiger charge is -2.11. The van der Waals surface area contributed by atoms with Crippen LogP contribution in [0.2, 0.25) is 0 Å². The van der Waals surface area contributed by atoms with Gasteiger partial charge >= 0.3 is 12.0 Å². The topological polar surface area (TPSA) is 35.5 Å². The van der Waals surface area contributed by atoms with Crippen LogP contribution in [0.15, 0.2) is 17.5 Å². The second-order valence-electron chi connectivity index (χ2n) is 2.35. The Balaban J connectivity index is 2.28. The third kappa shape index (κ3) is 1.06. The summed E-state index contributed by atoms with van der Waals surface area (Å²) in [6.07, 6.45) is -0.953. The monoisotopic (exact) mass is 188 g/mol. The van der Waals surface area contributed by atoms with Gasteiger partial charge < -0.3 is 9.47 Å². The summed E-state index contributed by atoms with van der Waals surface area (Å²) >= 11 is 1.19. The Labute approximate surface area is 71.7 Å². The molecule has 2 rings (SSSR count). The van der Waals surface area contributed by atoms with Crippen molar-refractivity contribution < 1.29 is 18.7 Å². The fraction of sp³-hybridized carbons (Fsp3) is 0.286. The maximum Gasteiger partial charge on any atom is 0.511 e. The molecule has 3 nitrogen and oxygen atoms in total. The summed E-state index contributed by atoms with van der Waals surface area (Å²) in [7, 11) is 0. The first kappa shape index (κ1) is 7.54. The fourth-order valence-electron chi connectivity index (χ4n) is 0.955. The maximum atomic E-state index is 13.6. The average molecular weight is 188 g/mol. The number of cyclic esters (lactones) is 2. The molecule has 1 atom stereocenters. The third-order valence-corrected chi connectivity index (χ3v) is 2.50. The highest BCUT2D eigenvalue weighted by atomic mass is 32.1. The Morgan fingerprint density at radius 2 is 2.50 bits per heavy atom. The zero-order valence-corrected chi connectivity index (χ0v) is 6.77. The number of hydrogen-bond acceptors (Lipinski definition) is 4. The first-order valence-electron chi connectivity index (χ1n) is 3.29. The lowest BCUT2D eigenvalue weighted by molar-refractivity contribution is -0.0628. The van der Waals surface area contributed by atoms with Crippen LogP contribution in [-0.4, -0.2) is 12.8 Å². The van der Waals surface area contributed by atoms with Gasteiger partial charge in [-0.1, -0.05) is 6.07 Å². The Morgan fingerprint density at radius 3 is 3.00 bits per heavy atom. The minimum Gasteiger partial charge on any atom is -0.426 e. The molecule has 0 aromatic carbocycles. The van der Waals surface area contributed by atoms with Crippen LogP contribution in [0.3, 0.4) is 0 Å². The van der Waals surface area contributed by atoms with Crippen molar-refractivity contribution in [3.63, 3.8) is 0 Å². The van der Waals surface area contributed by atoms with Gasteiger partial charge in [0.2, 0.25) is 0 Å². The summed E-state index contributed by atoms with van der Waals surface area (Å²) in [5.41, 5.74) is 0. The van der Waals surface area contributed by atoms with E-state index in [9.17, 15) is 9.18 Å². The van der Waals surface area contributed by atoms with Gasteiger partial charge in [0, 0.05) is 0 Å². The highest BCUT2D eigenvalue weighted by molar-refractivity contribution is 7.10. The van der Waals surface area contributed by atoms with E-state index in [2.05, 4.69) is 9.47 Å². The van der Waals surface area contributed by atoms with E-state index in [0.717, 1.165) is 0 Å². The molecule has 1 aliphatic heterocycles. The minimum absolute atomic E-state index is 0.355. The van der Waals surface area contributed by atoms with Gasteiger partial charge in [-0.15, -0.1) is 11.3 Å². The Morgan fingerprint density at radius 1 is 1.67 bits per heavy atom. The normalized spacial score (nSPS) is 28.2. The van der Waals surface area contributed by atoms with Crippen molar-refractivity contribution in [1.82, 2.24) is 0 Å². The van der Waals surface area contributed by atoms with Crippen LogP contribution in [0, 0.1) is 0 Å². The Kier molecular flexibility index (Phi) is 1.54. The second kappa shape index (κ2) is 2.45. The molecular weight excluding hydrogens is 183 g/mol. The number of halogens is 1. The molecule has 64 valence electrons. The number of ether oxygens (including phenoxy) is 2. The number of hydrogen-bond donors (Lipinski definition) is 0. The number of carbonyl (C=O) groups excluding carboxylic acids is 1. The Hall–Kier alpha value is -1.10. The van der Waals surface area contributed by atoms with Crippen molar-refractivity contribution >= 4 is 17.5 Å². The summed E-state index contributed by atoms with van der Waals surface area (Å²) in [5, 5.41) is 1.71. The van der Waals surface area contributed by atoms with Gasteiger partial charge in [0.25, 0.3) is 0 Å². The van der Waals surface area contributed by atoms with E-state index in [1.165, 1.54) is 11.3 Å². The van der Waals surface area contributed by atoms with Crippen molar-refractivity contribution in [3.05, 3.63) is 22.4 Å². The van der Waals surface area contributed by atoms with Gasteiger partial charge in [-0.25, -0.2) is 4.79 Å². The van der Waals surface area contributed by atoms with Crippen LogP contribution in [0.5, 0.6) is 0 Å². The van der Waals surface area contributed by atoms with E-state index < -0.39 is 12.0 Å². The zero-order chi connectivity index (χ0) is 8.60. The quantitative estimate of drug-likeness (QED) is 0.632. The van der Waals surface area contributed by atoms with Crippen LogP contribution in [-0.2, 0) is 15.3 Å². The summed E-state index contributed by atoms with van der Waals surface area (Å²) in [4.78, 5) is 10.8. The van der Waals surface area contributed by atoms with Crippen molar-refractivity contribution in [2.45, 2.75) is 5.85 Å². The smallest absolute Gasteiger partial charge is 0.426 e. The number of alkyl halides is 1. The van der Waals surface area contributed by atoms with Gasteiger partial charge in [0.15, 0.2) is 6.61 Å². The molecule has 0 bridgehead atoms. The molecule has 0 spiro atoms. The molecule has 0 amide bonds. The number of rotatable bonds is 1. The number of thiophene rings is 1. The second-order valence-corrected chi connectivity index (χ2v) is 3.29. The van der Waals surface area contributed by atoms with Crippen molar-refractivity contribution in [2.75, 3.05) is 6.61 Å². The fourth-order valence-corrected chi connectivity index (χ4v) is 1.69. The highest BCUT2D eigenvalue weighted by Gasteiger charge is 2.45. The van der Waals surface area contributed by atoms with E-state index >= 15 is 0 Å². The van der Waals surface area contributed by atoms with Crippen LogP contribution in [0.4, 0.5) is 9.18 Å². The van der Waals surface area contributed by atoms with Gasteiger partial charge in [0.1, 0.15) is 0 Å². The van der Waals surface area contributed by atoms with Crippen LogP contribution in [0.1, 0.15) is 4.88 Å². The molecule has 0 N–H and O–H groups in total. The first-order valence-corrected chi connectivity index (χ1v) is 4.17. The summed E-state index contributed by atoms with van der Waals surface area (Å²) in [6.45, 7) is -0.355. The standard InChI is InChI=1S/C7H5FO3S/c8-7(4-10-6(9)11-7)5-2-1-3-12-5/h1-3H,4H2. The van der Waals surface area contributed by atoms with Crippen molar-refractivity contribution in [2.24, 2.45) is 0 Å². The molecule has 1 fully saturated rings. The van der Waals surface area contributed by atoms with Gasteiger partial charge in [-0.05, 0) is 11.4 Å². The minimum atomic E-state index is -2.06. The predicted octanol–water partition coefficient (Wildman–Crippen LogP) is 2.04. The predicted molar refractivity (Wildman–Crippen MR) is 39.5 cm³/mol. The highest BCUT2D eigenvalue weighted by Crippen LogP contribution is 2.35. The summed E-state index contributed by atoms with van der Waals surface area (Å²) < 4.78 is 22.3. The van der Waals surface area contributed by atoms with Crippen LogP contribution >= 0.6 is 11.3 Å².